The molecule has 194 valence electrons. The van der Waals surface area contributed by atoms with Crippen LogP contribution in [0, 0.1) is 5.92 Å². The number of hydrogen-bond acceptors (Lipinski definition) is 4. The number of fused-ring (bicyclic) bond motifs is 1. The van der Waals surface area contributed by atoms with E-state index in [1.165, 1.54) is 63.4 Å². The zero-order chi connectivity index (χ0) is 24.7. The Morgan fingerprint density at radius 1 is 0.941 bits per heavy atom. The molecule has 7 heteroatoms. The summed E-state index contributed by atoms with van der Waals surface area (Å²) >= 11 is 0. The van der Waals surface area contributed by atoms with E-state index in [4.69, 9.17) is 8.92 Å². The minimum absolute atomic E-state index is 0.145. The van der Waals surface area contributed by atoms with Gasteiger partial charge in [-0.2, -0.15) is 8.42 Å². The molecule has 0 saturated carbocycles. The van der Waals surface area contributed by atoms with Crippen molar-refractivity contribution in [2.45, 2.75) is 97.0 Å². The number of ether oxygens (including phenoxy) is 1. The van der Waals surface area contributed by atoms with E-state index in [0.717, 1.165) is 31.4 Å². The first kappa shape index (κ1) is 29.0. The van der Waals surface area contributed by atoms with Gasteiger partial charge in [0.25, 0.3) is 0 Å². The van der Waals surface area contributed by atoms with Crippen LogP contribution >= 0.6 is 0 Å². The van der Waals surface area contributed by atoms with Gasteiger partial charge in [0.15, 0.2) is 18.9 Å². The molecule has 0 saturated heterocycles. The zero-order valence-electron chi connectivity index (χ0n) is 21.3. The largest absolute Gasteiger partial charge is 0.397 e. The highest BCUT2D eigenvalue weighted by molar-refractivity contribution is 7.80. The Kier molecular flexibility index (Phi) is 14.0. The standard InChI is InChI=1S/C27H45NO5S/c1-3-5-7-8-9-11-15-24(14-10-6-4-2)22-32-23-27(33-34(29,30)31)21-28-19-18-25-16-12-13-17-26(25)20-28/h12-13,16-17,20,24,27H,3-11,14-15,18-19,21-23H2,1-2H3/p+1. The predicted molar refractivity (Wildman–Crippen MR) is 138 cm³/mol. The number of hydrogen-bond donors (Lipinski definition) is 1. The first-order chi connectivity index (χ1) is 16.4. The Bertz CT molecular complexity index is 824. The van der Waals surface area contributed by atoms with Gasteiger partial charge in [0.2, 0.25) is 0 Å². The van der Waals surface area contributed by atoms with Crippen molar-refractivity contribution in [2.24, 2.45) is 5.92 Å². The van der Waals surface area contributed by atoms with Crippen molar-refractivity contribution in [3.63, 3.8) is 0 Å². The SMILES string of the molecule is CCCCCCCCC(CCCCC)COCC(C[N+]1=Cc2ccccc2CC1)OS(=O)(=O)O. The molecule has 2 rings (SSSR count). The van der Waals surface area contributed by atoms with Gasteiger partial charge in [0.05, 0.1) is 6.61 Å². The molecule has 1 aliphatic heterocycles. The fraction of sp³-hybridized carbons (Fsp3) is 0.741. The van der Waals surface area contributed by atoms with E-state index in [0.29, 0.717) is 19.1 Å². The van der Waals surface area contributed by atoms with Crippen LogP contribution in [0.5, 0.6) is 0 Å². The Labute approximate surface area is 207 Å². The van der Waals surface area contributed by atoms with Crippen molar-refractivity contribution in [3.8, 4) is 0 Å². The summed E-state index contributed by atoms with van der Waals surface area (Å²) in [5.41, 5.74) is 2.42. The third-order valence-corrected chi connectivity index (χ3v) is 7.10. The molecule has 0 aliphatic carbocycles. The molecule has 0 spiro atoms. The van der Waals surface area contributed by atoms with Crippen molar-refractivity contribution < 1.29 is 26.5 Å². The van der Waals surface area contributed by atoms with Gasteiger partial charge in [-0.1, -0.05) is 89.8 Å². The minimum atomic E-state index is -4.55. The first-order valence-corrected chi connectivity index (χ1v) is 14.7. The second-order valence-corrected chi connectivity index (χ2v) is 10.7. The molecular weight excluding hydrogens is 450 g/mol. The molecular formula is C27H46NO5S+. The molecule has 0 fully saturated rings. The van der Waals surface area contributed by atoms with Crippen LogP contribution in [0.1, 0.15) is 95.6 Å². The highest BCUT2D eigenvalue weighted by Crippen LogP contribution is 2.19. The van der Waals surface area contributed by atoms with E-state index in [1.807, 2.05) is 18.3 Å². The van der Waals surface area contributed by atoms with Gasteiger partial charge in [-0.25, -0.2) is 8.76 Å². The lowest BCUT2D eigenvalue weighted by molar-refractivity contribution is -0.532. The molecule has 0 amide bonds. The summed E-state index contributed by atoms with van der Waals surface area (Å²) < 4.78 is 45.2. The fourth-order valence-electron chi connectivity index (χ4n) is 4.68. The normalized spacial score (nSPS) is 15.6. The summed E-state index contributed by atoms with van der Waals surface area (Å²) in [6.07, 6.45) is 15.8. The second-order valence-electron chi connectivity index (χ2n) is 9.67. The van der Waals surface area contributed by atoms with Gasteiger partial charge < -0.3 is 4.74 Å². The molecule has 0 aromatic heterocycles. The number of nitrogens with zero attached hydrogens (tertiary/aromatic N) is 1. The van der Waals surface area contributed by atoms with Gasteiger partial charge >= 0.3 is 10.4 Å². The monoisotopic (exact) mass is 496 g/mol. The summed E-state index contributed by atoms with van der Waals surface area (Å²) in [6, 6.07) is 8.19. The lowest BCUT2D eigenvalue weighted by Gasteiger charge is -2.20. The molecule has 1 heterocycles. The van der Waals surface area contributed by atoms with Gasteiger partial charge in [-0.3, -0.25) is 4.55 Å². The average molecular weight is 497 g/mol. The lowest BCUT2D eigenvalue weighted by Crippen LogP contribution is -2.36. The van der Waals surface area contributed by atoms with E-state index < -0.39 is 16.5 Å². The van der Waals surface area contributed by atoms with E-state index in [9.17, 15) is 13.0 Å². The zero-order valence-corrected chi connectivity index (χ0v) is 22.1. The number of rotatable bonds is 19. The predicted octanol–water partition coefficient (Wildman–Crippen LogP) is 5.83. The van der Waals surface area contributed by atoms with E-state index in [2.05, 4.69) is 30.6 Å². The van der Waals surface area contributed by atoms with E-state index in [1.54, 1.807) is 0 Å². The van der Waals surface area contributed by atoms with Crippen LogP contribution in [0.25, 0.3) is 0 Å². The maximum absolute atomic E-state index is 11.5. The van der Waals surface area contributed by atoms with Crippen LogP contribution in [-0.4, -0.2) is 56.2 Å². The summed E-state index contributed by atoms with van der Waals surface area (Å²) in [5.74, 6) is 0.484. The molecule has 1 aromatic rings. The van der Waals surface area contributed by atoms with Crippen molar-refractivity contribution >= 4 is 16.6 Å². The molecule has 1 aromatic carbocycles. The topological polar surface area (TPSA) is 75.8 Å². The average Bonchev–Trinajstić information content (AvgIpc) is 2.80. The van der Waals surface area contributed by atoms with Crippen molar-refractivity contribution in [3.05, 3.63) is 35.4 Å². The highest BCUT2D eigenvalue weighted by Gasteiger charge is 2.25. The fourth-order valence-corrected chi connectivity index (χ4v) is 5.14. The quantitative estimate of drug-likeness (QED) is 0.148. The molecule has 1 N–H and O–H groups in total. The maximum atomic E-state index is 11.5. The molecule has 0 bridgehead atoms. The number of unbranched alkanes of at least 4 members (excludes halogenated alkanes) is 7. The van der Waals surface area contributed by atoms with Crippen molar-refractivity contribution in [1.29, 1.82) is 0 Å². The summed E-state index contributed by atoms with van der Waals surface area (Å²) in [7, 11) is -4.55. The van der Waals surface area contributed by atoms with Crippen LogP contribution in [0.4, 0.5) is 0 Å². The van der Waals surface area contributed by atoms with E-state index in [-0.39, 0.29) is 6.61 Å². The van der Waals surface area contributed by atoms with Crippen LogP contribution < -0.4 is 0 Å². The Morgan fingerprint density at radius 3 is 2.32 bits per heavy atom. The lowest BCUT2D eigenvalue weighted by atomic mass is 9.95. The Morgan fingerprint density at radius 2 is 1.59 bits per heavy atom. The molecule has 2 unspecified atom stereocenters. The van der Waals surface area contributed by atoms with E-state index >= 15 is 0 Å². The minimum Gasteiger partial charge on any atom is -0.378 e. The molecule has 2 atom stereocenters. The Balaban J connectivity index is 1.87. The molecule has 34 heavy (non-hydrogen) atoms. The maximum Gasteiger partial charge on any atom is 0.397 e. The highest BCUT2D eigenvalue weighted by atomic mass is 32.3. The third kappa shape index (κ3) is 12.4. The van der Waals surface area contributed by atoms with Gasteiger partial charge in [0, 0.05) is 18.6 Å². The first-order valence-electron chi connectivity index (χ1n) is 13.3. The Hall–Kier alpha value is -1.28. The van der Waals surface area contributed by atoms with Crippen LogP contribution in [0.2, 0.25) is 0 Å². The van der Waals surface area contributed by atoms with Gasteiger partial charge in [-0.05, 0) is 30.4 Å². The second kappa shape index (κ2) is 16.4. The van der Waals surface area contributed by atoms with Crippen molar-refractivity contribution in [1.82, 2.24) is 0 Å². The van der Waals surface area contributed by atoms with Crippen molar-refractivity contribution in [2.75, 3.05) is 26.3 Å². The summed E-state index contributed by atoms with van der Waals surface area (Å²) in [5, 5.41) is 0. The van der Waals surface area contributed by atoms with Gasteiger partial charge in [-0.15, -0.1) is 0 Å². The number of benzene rings is 1. The van der Waals surface area contributed by atoms with Crippen LogP contribution in [0.15, 0.2) is 24.3 Å². The molecule has 0 radical (unpaired) electrons. The smallest absolute Gasteiger partial charge is 0.378 e. The molecule has 1 aliphatic rings. The molecule has 6 nitrogen and oxygen atoms in total. The van der Waals surface area contributed by atoms with Crippen LogP contribution in [-0.2, 0) is 25.7 Å². The third-order valence-electron chi connectivity index (χ3n) is 6.58. The summed E-state index contributed by atoms with van der Waals surface area (Å²) in [4.78, 5) is 0. The van der Waals surface area contributed by atoms with Gasteiger partial charge in [0.1, 0.15) is 6.54 Å². The van der Waals surface area contributed by atoms with Crippen LogP contribution in [0.3, 0.4) is 0 Å². The summed E-state index contributed by atoms with van der Waals surface area (Å²) in [6.45, 7) is 6.34.